The molecule has 0 unspecified atom stereocenters. The zero-order valence-corrected chi connectivity index (χ0v) is 17.1. The van der Waals surface area contributed by atoms with Gasteiger partial charge in [-0.15, -0.1) is 0 Å². The van der Waals surface area contributed by atoms with Gasteiger partial charge < -0.3 is 24.6 Å². The minimum Gasteiger partial charge on any atom is -0.494 e. The summed E-state index contributed by atoms with van der Waals surface area (Å²) in [5.74, 6) is 1.22. The fraction of sp³-hybridized carbons (Fsp3) is 0.364. The van der Waals surface area contributed by atoms with Gasteiger partial charge in [-0.1, -0.05) is 12.1 Å². The summed E-state index contributed by atoms with van der Waals surface area (Å²) >= 11 is 0. The second-order valence-corrected chi connectivity index (χ2v) is 7.12. The van der Waals surface area contributed by atoms with Crippen LogP contribution in [-0.4, -0.2) is 57.1 Å². The van der Waals surface area contributed by atoms with Gasteiger partial charge in [0, 0.05) is 18.8 Å². The SMILES string of the molecule is CCOc1ccc(CC(=O)Nc2ccc3c(c2)N(CCN(C)C)C(=O)CO3)cc1. The third-order valence-electron chi connectivity index (χ3n) is 4.56. The minimum absolute atomic E-state index is 0.0316. The lowest BCUT2D eigenvalue weighted by Gasteiger charge is -2.30. The van der Waals surface area contributed by atoms with Gasteiger partial charge >= 0.3 is 0 Å². The molecule has 1 N–H and O–H groups in total. The molecule has 0 bridgehead atoms. The summed E-state index contributed by atoms with van der Waals surface area (Å²) in [5.41, 5.74) is 2.21. The number of rotatable bonds is 8. The molecule has 0 spiro atoms. The number of amides is 2. The molecule has 1 aliphatic rings. The molecular formula is C22H27N3O4. The predicted octanol–water partition coefficient (Wildman–Crippen LogP) is 2.55. The Morgan fingerprint density at radius 2 is 1.97 bits per heavy atom. The van der Waals surface area contributed by atoms with Crippen LogP contribution in [0.3, 0.4) is 0 Å². The van der Waals surface area contributed by atoms with Crippen LogP contribution in [0.2, 0.25) is 0 Å². The highest BCUT2D eigenvalue weighted by Gasteiger charge is 2.25. The Kier molecular flexibility index (Phi) is 6.72. The standard InChI is InChI=1S/C22H27N3O4/c1-4-28-18-8-5-16(6-9-18)13-21(26)23-17-7-10-20-19(14-17)25(12-11-24(2)3)22(27)15-29-20/h5-10,14H,4,11-13,15H2,1-3H3,(H,23,26). The van der Waals surface area contributed by atoms with Crippen molar-refractivity contribution in [1.29, 1.82) is 0 Å². The van der Waals surface area contributed by atoms with Crippen LogP contribution in [0.5, 0.6) is 11.5 Å². The number of carbonyl (C=O) groups is 2. The first-order chi connectivity index (χ1) is 14.0. The molecule has 29 heavy (non-hydrogen) atoms. The van der Waals surface area contributed by atoms with E-state index < -0.39 is 0 Å². The normalized spacial score (nSPS) is 13.1. The fourth-order valence-corrected chi connectivity index (χ4v) is 3.09. The van der Waals surface area contributed by atoms with Gasteiger partial charge in [0.2, 0.25) is 5.91 Å². The lowest BCUT2D eigenvalue weighted by atomic mass is 10.1. The summed E-state index contributed by atoms with van der Waals surface area (Å²) < 4.78 is 11.0. The Balaban J connectivity index is 1.68. The van der Waals surface area contributed by atoms with Crippen molar-refractivity contribution in [3.05, 3.63) is 48.0 Å². The van der Waals surface area contributed by atoms with E-state index in [0.717, 1.165) is 17.9 Å². The smallest absolute Gasteiger partial charge is 0.265 e. The average molecular weight is 397 g/mol. The van der Waals surface area contributed by atoms with Crippen LogP contribution in [0.1, 0.15) is 12.5 Å². The van der Waals surface area contributed by atoms with Crippen molar-refractivity contribution in [2.45, 2.75) is 13.3 Å². The third-order valence-corrected chi connectivity index (χ3v) is 4.56. The van der Waals surface area contributed by atoms with E-state index in [4.69, 9.17) is 9.47 Å². The van der Waals surface area contributed by atoms with Gasteiger partial charge in [0.1, 0.15) is 11.5 Å². The third kappa shape index (κ3) is 5.48. The number of hydrogen-bond acceptors (Lipinski definition) is 5. The largest absolute Gasteiger partial charge is 0.494 e. The highest BCUT2D eigenvalue weighted by Crippen LogP contribution is 2.34. The van der Waals surface area contributed by atoms with E-state index in [9.17, 15) is 9.59 Å². The number of likely N-dealkylation sites (N-methyl/N-ethyl adjacent to an activating group) is 1. The van der Waals surface area contributed by atoms with Gasteiger partial charge in [0.15, 0.2) is 6.61 Å². The van der Waals surface area contributed by atoms with Crippen molar-refractivity contribution in [3.63, 3.8) is 0 Å². The van der Waals surface area contributed by atoms with Crippen LogP contribution >= 0.6 is 0 Å². The number of fused-ring (bicyclic) bond motifs is 1. The maximum Gasteiger partial charge on any atom is 0.265 e. The molecule has 1 aliphatic heterocycles. The van der Waals surface area contributed by atoms with E-state index in [0.29, 0.717) is 30.3 Å². The topological polar surface area (TPSA) is 71.1 Å². The maximum atomic E-state index is 12.5. The molecule has 1 heterocycles. The van der Waals surface area contributed by atoms with Gasteiger partial charge in [-0.05, 0) is 56.9 Å². The van der Waals surface area contributed by atoms with Gasteiger partial charge in [0.25, 0.3) is 5.91 Å². The van der Waals surface area contributed by atoms with Crippen LogP contribution in [0.15, 0.2) is 42.5 Å². The summed E-state index contributed by atoms with van der Waals surface area (Å²) in [6.45, 7) is 3.87. The van der Waals surface area contributed by atoms with E-state index in [2.05, 4.69) is 5.32 Å². The van der Waals surface area contributed by atoms with Gasteiger partial charge in [-0.3, -0.25) is 9.59 Å². The summed E-state index contributed by atoms with van der Waals surface area (Å²) in [6.07, 6.45) is 0.253. The molecule has 3 rings (SSSR count). The van der Waals surface area contributed by atoms with Gasteiger partial charge in [0.05, 0.1) is 18.7 Å². The van der Waals surface area contributed by atoms with Gasteiger partial charge in [-0.25, -0.2) is 0 Å². The number of nitrogens with one attached hydrogen (secondary N) is 1. The Morgan fingerprint density at radius 3 is 2.66 bits per heavy atom. The number of hydrogen-bond donors (Lipinski definition) is 1. The van der Waals surface area contributed by atoms with Crippen molar-refractivity contribution in [2.24, 2.45) is 0 Å². The molecule has 2 amide bonds. The molecule has 2 aromatic rings. The van der Waals surface area contributed by atoms with Crippen molar-refractivity contribution >= 4 is 23.2 Å². The molecule has 7 heteroatoms. The number of carbonyl (C=O) groups excluding carboxylic acids is 2. The summed E-state index contributed by atoms with van der Waals surface area (Å²) in [5, 5.41) is 2.91. The van der Waals surface area contributed by atoms with E-state index in [1.807, 2.05) is 50.2 Å². The second-order valence-electron chi connectivity index (χ2n) is 7.12. The summed E-state index contributed by atoms with van der Waals surface area (Å²) in [4.78, 5) is 28.5. The van der Waals surface area contributed by atoms with E-state index >= 15 is 0 Å². The van der Waals surface area contributed by atoms with Crippen molar-refractivity contribution in [3.8, 4) is 11.5 Å². The lowest BCUT2D eigenvalue weighted by molar-refractivity contribution is -0.121. The first-order valence-corrected chi connectivity index (χ1v) is 9.70. The first kappa shape index (κ1) is 20.7. The average Bonchev–Trinajstić information content (AvgIpc) is 2.68. The van der Waals surface area contributed by atoms with Crippen LogP contribution in [0.25, 0.3) is 0 Å². The molecule has 0 aromatic heterocycles. The Morgan fingerprint density at radius 1 is 1.21 bits per heavy atom. The van der Waals surface area contributed by atoms with Crippen LogP contribution in [0.4, 0.5) is 11.4 Å². The molecule has 0 fully saturated rings. The molecule has 2 aromatic carbocycles. The molecule has 154 valence electrons. The number of anilines is 2. The number of benzene rings is 2. The monoisotopic (exact) mass is 397 g/mol. The van der Waals surface area contributed by atoms with Crippen molar-refractivity contribution in [1.82, 2.24) is 4.90 Å². The minimum atomic E-state index is -0.128. The highest BCUT2D eigenvalue weighted by atomic mass is 16.5. The van der Waals surface area contributed by atoms with Crippen LogP contribution in [0, 0.1) is 0 Å². The van der Waals surface area contributed by atoms with Gasteiger partial charge in [-0.2, -0.15) is 0 Å². The molecular weight excluding hydrogens is 370 g/mol. The van der Waals surface area contributed by atoms with Crippen molar-refractivity contribution < 1.29 is 19.1 Å². The van der Waals surface area contributed by atoms with E-state index in [1.54, 1.807) is 23.1 Å². The zero-order valence-electron chi connectivity index (χ0n) is 17.1. The molecule has 7 nitrogen and oxygen atoms in total. The van der Waals surface area contributed by atoms with E-state index in [-0.39, 0.29) is 24.8 Å². The molecule has 0 saturated carbocycles. The van der Waals surface area contributed by atoms with Crippen molar-refractivity contribution in [2.75, 3.05) is 50.6 Å². The molecule has 0 aliphatic carbocycles. The zero-order chi connectivity index (χ0) is 20.8. The van der Waals surface area contributed by atoms with E-state index in [1.165, 1.54) is 0 Å². The fourth-order valence-electron chi connectivity index (χ4n) is 3.09. The Hall–Kier alpha value is -3.06. The second kappa shape index (κ2) is 9.43. The lowest BCUT2D eigenvalue weighted by Crippen LogP contribution is -2.42. The predicted molar refractivity (Wildman–Crippen MR) is 113 cm³/mol. The summed E-state index contributed by atoms with van der Waals surface area (Å²) in [6, 6.07) is 12.8. The Labute approximate surface area is 171 Å². The number of ether oxygens (including phenoxy) is 2. The molecule has 0 radical (unpaired) electrons. The number of nitrogens with zero attached hydrogens (tertiary/aromatic N) is 2. The summed E-state index contributed by atoms with van der Waals surface area (Å²) in [7, 11) is 3.92. The molecule has 0 atom stereocenters. The Bertz CT molecular complexity index is 865. The quantitative estimate of drug-likeness (QED) is 0.741. The maximum absolute atomic E-state index is 12.5. The van der Waals surface area contributed by atoms with Crippen LogP contribution in [-0.2, 0) is 16.0 Å². The first-order valence-electron chi connectivity index (χ1n) is 9.70. The highest BCUT2D eigenvalue weighted by molar-refractivity contribution is 5.99. The van der Waals surface area contributed by atoms with Crippen LogP contribution < -0.4 is 19.7 Å². The molecule has 0 saturated heterocycles.